The maximum absolute atomic E-state index is 9.44. The molecule has 0 aromatic rings. The molecule has 0 saturated heterocycles. The Morgan fingerprint density at radius 1 is 1.18 bits per heavy atom. The molecule has 3 N–H and O–H groups in total. The van der Waals surface area contributed by atoms with Crippen molar-refractivity contribution in [3.8, 4) is 0 Å². The number of rotatable bonds is 0. The monoisotopic (exact) mass is 226 g/mol. The van der Waals surface area contributed by atoms with Crippen LogP contribution in [0.1, 0.15) is 13.8 Å². The zero-order valence-electron chi connectivity index (χ0n) is 6.57. The molecule has 0 aromatic carbocycles. The molecule has 0 radical (unpaired) electrons. The van der Waals surface area contributed by atoms with Crippen LogP contribution in [0.15, 0.2) is 0 Å². The number of ketones is 1. The average molecular weight is 228 g/mol. The molecule has 0 unspecified atom stereocenters. The van der Waals surface area contributed by atoms with Crippen molar-refractivity contribution in [1.82, 2.24) is 0 Å². The first-order chi connectivity index (χ1) is 4.46. The summed E-state index contributed by atoms with van der Waals surface area (Å²) in [5.74, 6) is 0.167. The first-order valence-corrected chi connectivity index (χ1v) is 3.62. The van der Waals surface area contributed by atoms with Gasteiger partial charge in [-0.1, -0.05) is 34.8 Å². The van der Waals surface area contributed by atoms with Crippen molar-refractivity contribution in [2.75, 3.05) is 7.11 Å². The van der Waals surface area contributed by atoms with Crippen molar-refractivity contribution in [2.45, 2.75) is 18.1 Å². The number of Topliss-reactive ketones (excluding diaryl/α,β-unsaturated/α-hetero) is 1. The Bertz CT molecular complexity index is 61.2. The van der Waals surface area contributed by atoms with Gasteiger partial charge in [-0.25, -0.2) is 0 Å². The number of halogens is 3. The van der Waals surface area contributed by atoms with Crippen LogP contribution in [-0.4, -0.2) is 27.8 Å². The molecule has 0 bridgehead atoms. The smallest absolute Gasteiger partial charge is 0.180 e. The van der Waals surface area contributed by atoms with Crippen molar-refractivity contribution in [3.05, 3.63) is 0 Å². The van der Waals surface area contributed by atoms with Gasteiger partial charge in [0.05, 0.1) is 0 Å². The van der Waals surface area contributed by atoms with Crippen molar-refractivity contribution in [3.63, 3.8) is 0 Å². The first kappa shape index (κ1) is 22.5. The zero-order valence-corrected chi connectivity index (χ0v) is 8.83. The minimum atomic E-state index is -0.750. The average Bonchev–Trinajstić information content (AvgIpc) is 1.66. The van der Waals surface area contributed by atoms with Crippen molar-refractivity contribution < 1.29 is 15.4 Å². The second kappa shape index (κ2) is 22.4. The third kappa shape index (κ3) is 3540. The molecular formula is C5H13Cl3O3. The van der Waals surface area contributed by atoms with E-state index in [-0.39, 0.29) is 11.3 Å². The Balaban J connectivity index is -0.0000000339. The van der Waals surface area contributed by atoms with Gasteiger partial charge in [0, 0.05) is 7.11 Å². The lowest BCUT2D eigenvalue weighted by molar-refractivity contribution is -0.114. The predicted octanol–water partition coefficient (Wildman–Crippen LogP) is 1.37. The highest BCUT2D eigenvalue weighted by molar-refractivity contribution is 6.63. The summed E-state index contributed by atoms with van der Waals surface area (Å²) >= 11 is 14.4. The molecule has 11 heavy (non-hydrogen) atoms. The van der Waals surface area contributed by atoms with Crippen LogP contribution >= 0.6 is 34.8 Å². The minimum Gasteiger partial charge on any atom is -0.412 e. The number of alkyl halides is 3. The first-order valence-electron chi connectivity index (χ1n) is 2.31. The molecular weight excluding hydrogens is 214 g/mol. The van der Waals surface area contributed by atoms with Gasteiger partial charge in [-0.2, -0.15) is 0 Å². The molecule has 0 aliphatic carbocycles. The fourth-order valence-corrected chi connectivity index (χ4v) is 0. The standard InChI is InChI=1S/C3H6O.CHCl3.CH4O.H2O/c1-3(2)4;2-1(3)4;1-2;/h1-2H3;1H;2H,1H3;1H2. The van der Waals surface area contributed by atoms with Crippen LogP contribution in [0.5, 0.6) is 0 Å². The van der Waals surface area contributed by atoms with Crippen molar-refractivity contribution in [1.29, 1.82) is 0 Å². The predicted molar refractivity (Wildman–Crippen MR) is 49.5 cm³/mol. The Kier molecular flexibility index (Phi) is 45.9. The van der Waals surface area contributed by atoms with Gasteiger partial charge in [-0.15, -0.1) is 0 Å². The fourth-order valence-electron chi connectivity index (χ4n) is 0. The Morgan fingerprint density at radius 3 is 1.18 bits per heavy atom. The van der Waals surface area contributed by atoms with Crippen LogP contribution in [0.25, 0.3) is 0 Å². The number of hydrogen-bond donors (Lipinski definition) is 1. The highest BCUT2D eigenvalue weighted by Gasteiger charge is 1.78. The lowest BCUT2D eigenvalue weighted by Crippen LogP contribution is -1.69. The number of aliphatic hydroxyl groups excluding tert-OH is 1. The molecule has 0 fully saturated rings. The van der Waals surface area contributed by atoms with E-state index in [1.807, 2.05) is 0 Å². The summed E-state index contributed by atoms with van der Waals surface area (Å²) in [7, 11) is 1.00. The van der Waals surface area contributed by atoms with E-state index < -0.39 is 4.30 Å². The molecule has 0 amide bonds. The Hall–Kier alpha value is 0.460. The second-order valence-electron chi connectivity index (χ2n) is 1.16. The Morgan fingerprint density at radius 2 is 1.18 bits per heavy atom. The maximum atomic E-state index is 9.44. The number of hydrogen-bond acceptors (Lipinski definition) is 2. The van der Waals surface area contributed by atoms with E-state index in [2.05, 4.69) is 0 Å². The molecule has 3 nitrogen and oxygen atoms in total. The largest absolute Gasteiger partial charge is 0.412 e. The molecule has 0 saturated carbocycles. The summed E-state index contributed by atoms with van der Waals surface area (Å²) in [6, 6.07) is 0. The lowest BCUT2D eigenvalue weighted by Gasteiger charge is -1.69. The summed E-state index contributed by atoms with van der Waals surface area (Å²) in [4.78, 5) is 9.44. The van der Waals surface area contributed by atoms with Gasteiger partial charge in [-0.05, 0) is 13.8 Å². The lowest BCUT2D eigenvalue weighted by atomic mass is 10.6. The van der Waals surface area contributed by atoms with Crippen LogP contribution in [-0.2, 0) is 4.79 Å². The molecule has 0 aromatic heterocycles. The highest BCUT2D eigenvalue weighted by Crippen LogP contribution is 2.03. The van der Waals surface area contributed by atoms with Crippen LogP contribution in [0, 0.1) is 0 Å². The van der Waals surface area contributed by atoms with Gasteiger partial charge in [0.15, 0.2) is 4.30 Å². The van der Waals surface area contributed by atoms with E-state index in [1.54, 1.807) is 0 Å². The van der Waals surface area contributed by atoms with Gasteiger partial charge in [0.2, 0.25) is 0 Å². The van der Waals surface area contributed by atoms with Crippen molar-refractivity contribution in [2.24, 2.45) is 0 Å². The normalized spacial score (nSPS) is 6.18. The third-order valence-electron chi connectivity index (χ3n) is 0. The molecule has 0 heterocycles. The van der Waals surface area contributed by atoms with E-state index in [0.717, 1.165) is 7.11 Å². The summed E-state index contributed by atoms with van der Waals surface area (Å²) in [6.07, 6.45) is 0. The van der Waals surface area contributed by atoms with Crippen LogP contribution < -0.4 is 0 Å². The maximum Gasteiger partial charge on any atom is 0.180 e. The molecule has 0 atom stereocenters. The minimum absolute atomic E-state index is 0. The molecule has 0 rings (SSSR count). The van der Waals surface area contributed by atoms with Gasteiger partial charge >= 0.3 is 0 Å². The molecule has 0 aliphatic heterocycles. The highest BCUT2D eigenvalue weighted by atomic mass is 35.6. The van der Waals surface area contributed by atoms with Gasteiger partial charge in [0.1, 0.15) is 5.78 Å². The second-order valence-corrected chi connectivity index (χ2v) is 3.14. The van der Waals surface area contributed by atoms with Crippen LogP contribution in [0.4, 0.5) is 0 Å². The zero-order chi connectivity index (χ0) is 9.15. The van der Waals surface area contributed by atoms with Crippen molar-refractivity contribution >= 4 is 40.6 Å². The molecule has 0 spiro atoms. The van der Waals surface area contributed by atoms with E-state index in [4.69, 9.17) is 39.9 Å². The topological polar surface area (TPSA) is 68.8 Å². The van der Waals surface area contributed by atoms with Gasteiger partial charge < -0.3 is 15.4 Å². The summed E-state index contributed by atoms with van der Waals surface area (Å²) in [5.41, 5.74) is 0. The third-order valence-corrected chi connectivity index (χ3v) is 0. The van der Waals surface area contributed by atoms with Gasteiger partial charge in [-0.3, -0.25) is 0 Å². The molecule has 72 valence electrons. The molecule has 0 aliphatic rings. The SMILES string of the molecule is CC(C)=O.CO.ClC(Cl)Cl.O. The number of carbonyl (C=O) groups excluding carboxylic acids is 1. The fraction of sp³-hybridized carbons (Fsp3) is 0.800. The van der Waals surface area contributed by atoms with E-state index >= 15 is 0 Å². The Labute approximate surface area is 81.6 Å². The summed E-state index contributed by atoms with van der Waals surface area (Å²) in [5, 5.41) is 7.00. The summed E-state index contributed by atoms with van der Waals surface area (Å²) in [6.45, 7) is 3.06. The number of carbonyl (C=O) groups is 1. The quantitative estimate of drug-likeness (QED) is 0.635. The van der Waals surface area contributed by atoms with Gasteiger partial charge in [0.25, 0.3) is 0 Å². The van der Waals surface area contributed by atoms with Crippen LogP contribution in [0.3, 0.4) is 0 Å². The van der Waals surface area contributed by atoms with E-state index in [0.29, 0.717) is 0 Å². The summed E-state index contributed by atoms with van der Waals surface area (Å²) < 4.78 is -0.750. The molecule has 6 heteroatoms. The van der Waals surface area contributed by atoms with Crippen LogP contribution in [0.2, 0.25) is 0 Å². The van der Waals surface area contributed by atoms with E-state index in [1.165, 1.54) is 13.8 Å². The van der Waals surface area contributed by atoms with E-state index in [9.17, 15) is 4.79 Å². The number of aliphatic hydroxyl groups is 1.